The molecule has 0 N–H and O–H groups in total. The van der Waals surface area contributed by atoms with Crippen molar-refractivity contribution in [3.8, 4) is 22.3 Å². The molecular weight excluding hydrogens is 312 g/mol. The van der Waals surface area contributed by atoms with E-state index in [9.17, 15) is 0 Å². The first-order valence-electron chi connectivity index (χ1n) is 9.84. The van der Waals surface area contributed by atoms with E-state index in [1.807, 2.05) is 0 Å². The Morgan fingerprint density at radius 2 is 1.31 bits per heavy atom. The Bertz CT molecular complexity index is 944. The van der Waals surface area contributed by atoms with Gasteiger partial charge in [-0.05, 0) is 52.1 Å². The SMILES string of the molecule is C1=C(CC2CCC2)Cc2c(-c3ccccc3)ccc(-c3ccccc3)c21. The van der Waals surface area contributed by atoms with Crippen molar-refractivity contribution in [1.82, 2.24) is 0 Å². The summed E-state index contributed by atoms with van der Waals surface area (Å²) in [5.74, 6) is 0.927. The highest BCUT2D eigenvalue weighted by Crippen LogP contribution is 2.43. The number of allylic oxidation sites excluding steroid dienone is 1. The molecule has 1 saturated carbocycles. The first kappa shape index (κ1) is 15.6. The van der Waals surface area contributed by atoms with Gasteiger partial charge >= 0.3 is 0 Å². The van der Waals surface area contributed by atoms with Gasteiger partial charge in [-0.3, -0.25) is 0 Å². The van der Waals surface area contributed by atoms with Crippen molar-refractivity contribution >= 4 is 6.08 Å². The molecule has 0 nitrogen and oxygen atoms in total. The molecule has 5 rings (SSSR count). The zero-order valence-electron chi connectivity index (χ0n) is 15.1. The van der Waals surface area contributed by atoms with E-state index in [1.165, 1.54) is 59.1 Å². The smallest absolute Gasteiger partial charge is 0.00513 e. The van der Waals surface area contributed by atoms with E-state index in [4.69, 9.17) is 0 Å². The first-order valence-corrected chi connectivity index (χ1v) is 9.84. The standard InChI is InChI=1S/C26H24/c1-3-10-21(11-4-1)23-14-15-24(22-12-5-2-6-13-22)26-18-20(17-25(23)26)16-19-8-7-9-19/h1-6,10-15,17,19H,7-9,16,18H2. The van der Waals surface area contributed by atoms with Gasteiger partial charge < -0.3 is 0 Å². The Morgan fingerprint density at radius 3 is 1.92 bits per heavy atom. The van der Waals surface area contributed by atoms with Crippen LogP contribution in [-0.4, -0.2) is 0 Å². The number of benzene rings is 3. The molecule has 0 unspecified atom stereocenters. The first-order chi connectivity index (χ1) is 12.9. The van der Waals surface area contributed by atoms with E-state index in [0.717, 1.165) is 12.3 Å². The molecule has 1 fully saturated rings. The molecule has 0 saturated heterocycles. The summed E-state index contributed by atoms with van der Waals surface area (Å²) in [6.45, 7) is 0. The Kier molecular flexibility index (Phi) is 3.97. The zero-order chi connectivity index (χ0) is 17.3. The minimum Gasteiger partial charge on any atom is -0.0649 e. The van der Waals surface area contributed by atoms with Crippen LogP contribution < -0.4 is 0 Å². The van der Waals surface area contributed by atoms with Gasteiger partial charge in [0, 0.05) is 0 Å². The highest BCUT2D eigenvalue weighted by atomic mass is 14.3. The maximum Gasteiger partial charge on any atom is -0.00513 e. The molecule has 0 radical (unpaired) electrons. The van der Waals surface area contributed by atoms with Gasteiger partial charge in [0.15, 0.2) is 0 Å². The lowest BCUT2D eigenvalue weighted by atomic mass is 9.80. The van der Waals surface area contributed by atoms with Crippen LogP contribution in [0.5, 0.6) is 0 Å². The molecule has 0 bridgehead atoms. The van der Waals surface area contributed by atoms with Gasteiger partial charge in [0.25, 0.3) is 0 Å². The van der Waals surface area contributed by atoms with E-state index in [1.54, 1.807) is 5.57 Å². The third-order valence-electron chi connectivity index (χ3n) is 6.05. The molecule has 0 aliphatic heterocycles. The third-order valence-corrected chi connectivity index (χ3v) is 6.05. The van der Waals surface area contributed by atoms with Crippen LogP contribution in [0.2, 0.25) is 0 Å². The summed E-state index contributed by atoms with van der Waals surface area (Å²) >= 11 is 0. The van der Waals surface area contributed by atoms with Gasteiger partial charge in [-0.15, -0.1) is 0 Å². The summed E-state index contributed by atoms with van der Waals surface area (Å²) in [7, 11) is 0. The van der Waals surface area contributed by atoms with E-state index in [0.29, 0.717) is 0 Å². The van der Waals surface area contributed by atoms with Gasteiger partial charge in [0.2, 0.25) is 0 Å². The molecule has 0 heteroatoms. The Morgan fingerprint density at radius 1 is 0.692 bits per heavy atom. The van der Waals surface area contributed by atoms with Gasteiger partial charge in [0.05, 0.1) is 0 Å². The second kappa shape index (κ2) is 6.61. The predicted octanol–water partition coefficient (Wildman–Crippen LogP) is 7.15. The maximum absolute atomic E-state index is 2.50. The molecule has 0 amide bonds. The fraction of sp³-hybridized carbons (Fsp3) is 0.231. The lowest BCUT2D eigenvalue weighted by Gasteiger charge is -2.25. The topological polar surface area (TPSA) is 0 Å². The maximum atomic E-state index is 2.50. The normalized spacial score (nSPS) is 16.1. The van der Waals surface area contributed by atoms with Crippen LogP contribution >= 0.6 is 0 Å². The molecule has 3 aromatic rings. The largest absolute Gasteiger partial charge is 0.0649 e. The van der Waals surface area contributed by atoms with Crippen LogP contribution in [0.25, 0.3) is 28.3 Å². The summed E-state index contributed by atoms with van der Waals surface area (Å²) in [5, 5.41) is 0. The average molecular weight is 336 g/mol. The van der Waals surface area contributed by atoms with Crippen molar-refractivity contribution in [2.24, 2.45) is 5.92 Å². The molecule has 0 atom stereocenters. The fourth-order valence-corrected chi connectivity index (χ4v) is 4.46. The highest BCUT2D eigenvalue weighted by Gasteiger charge is 2.25. The summed E-state index contributed by atoms with van der Waals surface area (Å²) < 4.78 is 0. The van der Waals surface area contributed by atoms with Gasteiger partial charge in [-0.25, -0.2) is 0 Å². The summed E-state index contributed by atoms with van der Waals surface area (Å²) in [4.78, 5) is 0. The van der Waals surface area contributed by atoms with E-state index >= 15 is 0 Å². The van der Waals surface area contributed by atoms with Crippen molar-refractivity contribution in [3.05, 3.63) is 89.5 Å². The van der Waals surface area contributed by atoms with Crippen LogP contribution in [0.1, 0.15) is 36.8 Å². The number of fused-ring (bicyclic) bond motifs is 1. The molecule has 2 aliphatic rings. The third kappa shape index (κ3) is 2.80. The van der Waals surface area contributed by atoms with Gasteiger partial charge in [0.1, 0.15) is 0 Å². The lowest BCUT2D eigenvalue weighted by molar-refractivity contribution is 0.313. The Labute approximate surface area is 156 Å². The molecular formula is C26H24. The molecule has 3 aromatic carbocycles. The Hall–Kier alpha value is -2.60. The predicted molar refractivity (Wildman–Crippen MR) is 111 cm³/mol. The molecule has 2 aliphatic carbocycles. The second-order valence-corrected chi connectivity index (χ2v) is 7.77. The molecule has 26 heavy (non-hydrogen) atoms. The van der Waals surface area contributed by atoms with Crippen molar-refractivity contribution in [2.75, 3.05) is 0 Å². The van der Waals surface area contributed by atoms with Gasteiger partial charge in [-0.1, -0.05) is 104 Å². The van der Waals surface area contributed by atoms with E-state index in [-0.39, 0.29) is 0 Å². The minimum absolute atomic E-state index is 0.927. The molecule has 0 aromatic heterocycles. The second-order valence-electron chi connectivity index (χ2n) is 7.77. The van der Waals surface area contributed by atoms with Crippen molar-refractivity contribution in [1.29, 1.82) is 0 Å². The summed E-state index contributed by atoms with van der Waals surface area (Å²) in [5.41, 5.74) is 10.0. The van der Waals surface area contributed by atoms with Crippen LogP contribution in [0, 0.1) is 5.92 Å². The monoisotopic (exact) mass is 336 g/mol. The van der Waals surface area contributed by atoms with E-state index in [2.05, 4.69) is 78.9 Å². The van der Waals surface area contributed by atoms with Crippen molar-refractivity contribution in [2.45, 2.75) is 32.1 Å². The quantitative estimate of drug-likeness (QED) is 0.474. The van der Waals surface area contributed by atoms with Crippen LogP contribution in [0.3, 0.4) is 0 Å². The van der Waals surface area contributed by atoms with Gasteiger partial charge in [-0.2, -0.15) is 0 Å². The minimum atomic E-state index is 0.927. The summed E-state index contributed by atoms with van der Waals surface area (Å²) in [6.07, 6.45) is 9.18. The number of rotatable bonds is 4. The summed E-state index contributed by atoms with van der Waals surface area (Å²) in [6, 6.07) is 26.4. The van der Waals surface area contributed by atoms with Crippen molar-refractivity contribution in [3.63, 3.8) is 0 Å². The average Bonchev–Trinajstić information content (AvgIpc) is 3.09. The molecule has 0 heterocycles. The zero-order valence-corrected chi connectivity index (χ0v) is 15.1. The number of hydrogen-bond acceptors (Lipinski definition) is 0. The molecule has 128 valence electrons. The van der Waals surface area contributed by atoms with Crippen molar-refractivity contribution < 1.29 is 0 Å². The van der Waals surface area contributed by atoms with Crippen LogP contribution in [0.15, 0.2) is 78.4 Å². The highest BCUT2D eigenvalue weighted by molar-refractivity contribution is 5.87. The lowest BCUT2D eigenvalue weighted by Crippen LogP contribution is -2.11. The van der Waals surface area contributed by atoms with Crippen LogP contribution in [-0.2, 0) is 6.42 Å². The fourth-order valence-electron chi connectivity index (χ4n) is 4.46. The van der Waals surface area contributed by atoms with E-state index < -0.39 is 0 Å². The Balaban J connectivity index is 1.61. The molecule has 0 spiro atoms. The number of hydrogen-bond donors (Lipinski definition) is 0. The van der Waals surface area contributed by atoms with Crippen LogP contribution in [0.4, 0.5) is 0 Å².